The van der Waals surface area contributed by atoms with Crippen LogP contribution in [0.15, 0.2) is 12.2 Å². The summed E-state index contributed by atoms with van der Waals surface area (Å²) in [5, 5.41) is 0. The van der Waals surface area contributed by atoms with Crippen LogP contribution in [-0.4, -0.2) is 25.2 Å². The summed E-state index contributed by atoms with van der Waals surface area (Å²) < 4.78 is 9.79. The molecule has 1 aliphatic heterocycles. The van der Waals surface area contributed by atoms with Crippen molar-refractivity contribution < 1.29 is 19.1 Å². The van der Waals surface area contributed by atoms with Gasteiger partial charge >= 0.3 is 11.9 Å². The zero-order valence-electron chi connectivity index (χ0n) is 9.50. The van der Waals surface area contributed by atoms with Gasteiger partial charge in [0.05, 0.1) is 0 Å². The van der Waals surface area contributed by atoms with Crippen molar-refractivity contribution in [1.82, 2.24) is 0 Å². The van der Waals surface area contributed by atoms with Gasteiger partial charge in [-0.2, -0.15) is 0 Å². The molecule has 0 radical (unpaired) electrons. The first-order chi connectivity index (χ1) is 7.70. The van der Waals surface area contributed by atoms with E-state index in [1.54, 1.807) is 0 Å². The molecule has 1 fully saturated rings. The molecular formula is C12H18O4. The Bertz CT molecular complexity index is 270. The van der Waals surface area contributed by atoms with E-state index in [0.29, 0.717) is 18.4 Å². The minimum absolute atomic E-state index is 0.115. The highest BCUT2D eigenvalue weighted by atomic mass is 16.6. The summed E-state index contributed by atoms with van der Waals surface area (Å²) in [6.45, 7) is 3.93. The van der Waals surface area contributed by atoms with E-state index in [9.17, 15) is 9.59 Å². The van der Waals surface area contributed by atoms with Crippen LogP contribution in [0.1, 0.15) is 38.5 Å². The molecule has 0 saturated carbocycles. The summed E-state index contributed by atoms with van der Waals surface area (Å²) in [7, 11) is 0. The fourth-order valence-electron chi connectivity index (χ4n) is 1.53. The van der Waals surface area contributed by atoms with Gasteiger partial charge in [0, 0.05) is 12.0 Å². The molecular weight excluding hydrogens is 208 g/mol. The van der Waals surface area contributed by atoms with Crippen molar-refractivity contribution in [3.05, 3.63) is 12.2 Å². The zero-order chi connectivity index (χ0) is 11.8. The van der Waals surface area contributed by atoms with Gasteiger partial charge in [0.15, 0.2) is 0 Å². The lowest BCUT2D eigenvalue weighted by atomic mass is 10.1. The van der Waals surface area contributed by atoms with Crippen LogP contribution >= 0.6 is 0 Å². The molecule has 16 heavy (non-hydrogen) atoms. The maximum Gasteiger partial charge on any atom is 0.333 e. The monoisotopic (exact) mass is 226 g/mol. The number of hydrogen-bond acceptors (Lipinski definition) is 4. The Labute approximate surface area is 95.6 Å². The minimum Gasteiger partial charge on any atom is -0.462 e. The lowest BCUT2D eigenvalue weighted by Crippen LogP contribution is -2.14. The molecule has 0 spiro atoms. The molecule has 90 valence electrons. The van der Waals surface area contributed by atoms with Crippen molar-refractivity contribution in [2.24, 2.45) is 0 Å². The van der Waals surface area contributed by atoms with E-state index >= 15 is 0 Å². The second kappa shape index (κ2) is 7.04. The average molecular weight is 226 g/mol. The first-order valence-corrected chi connectivity index (χ1v) is 5.70. The zero-order valence-corrected chi connectivity index (χ0v) is 9.50. The fourth-order valence-corrected chi connectivity index (χ4v) is 1.53. The van der Waals surface area contributed by atoms with E-state index in [1.807, 2.05) is 0 Å². The molecule has 0 amide bonds. The van der Waals surface area contributed by atoms with Crippen molar-refractivity contribution in [2.75, 3.05) is 13.2 Å². The fraction of sp³-hybridized carbons (Fsp3) is 0.667. The summed E-state index contributed by atoms with van der Waals surface area (Å²) in [5.41, 5.74) is 0.505. The summed E-state index contributed by atoms with van der Waals surface area (Å²) in [4.78, 5) is 22.5. The Morgan fingerprint density at radius 3 is 2.25 bits per heavy atom. The topological polar surface area (TPSA) is 52.6 Å². The second-order valence-corrected chi connectivity index (χ2v) is 3.87. The Hall–Kier alpha value is -1.32. The summed E-state index contributed by atoms with van der Waals surface area (Å²) in [6, 6.07) is 0. The van der Waals surface area contributed by atoms with Crippen molar-refractivity contribution in [2.45, 2.75) is 38.5 Å². The molecule has 1 saturated heterocycles. The number of cyclic esters (lactones) is 2. The summed E-state index contributed by atoms with van der Waals surface area (Å²) in [5.74, 6) is -0.593. The predicted octanol–water partition coefficient (Wildman–Crippen LogP) is 1.98. The van der Waals surface area contributed by atoms with E-state index in [2.05, 4.69) is 6.58 Å². The maximum absolute atomic E-state index is 11.3. The van der Waals surface area contributed by atoms with Crippen LogP contribution in [0.25, 0.3) is 0 Å². The van der Waals surface area contributed by atoms with Crippen molar-refractivity contribution in [3.63, 3.8) is 0 Å². The van der Waals surface area contributed by atoms with E-state index in [-0.39, 0.29) is 25.2 Å². The van der Waals surface area contributed by atoms with Crippen molar-refractivity contribution in [3.8, 4) is 0 Å². The third kappa shape index (κ3) is 4.96. The molecule has 1 heterocycles. The molecule has 0 aromatic carbocycles. The van der Waals surface area contributed by atoms with Crippen LogP contribution in [0.5, 0.6) is 0 Å². The highest BCUT2D eigenvalue weighted by Gasteiger charge is 2.10. The summed E-state index contributed by atoms with van der Waals surface area (Å²) in [6.07, 6.45) is 4.88. The van der Waals surface area contributed by atoms with Gasteiger partial charge in [0.1, 0.15) is 13.2 Å². The Morgan fingerprint density at radius 2 is 1.50 bits per heavy atom. The van der Waals surface area contributed by atoms with E-state index in [0.717, 1.165) is 25.7 Å². The second-order valence-electron chi connectivity index (χ2n) is 3.87. The smallest absolute Gasteiger partial charge is 0.333 e. The van der Waals surface area contributed by atoms with Gasteiger partial charge in [-0.25, -0.2) is 4.79 Å². The third-order valence-corrected chi connectivity index (χ3v) is 2.48. The molecule has 1 aliphatic rings. The average Bonchev–Trinajstić information content (AvgIpc) is 2.28. The van der Waals surface area contributed by atoms with E-state index in [1.165, 1.54) is 0 Å². The molecule has 0 aromatic heterocycles. The third-order valence-electron chi connectivity index (χ3n) is 2.48. The molecule has 4 heteroatoms. The van der Waals surface area contributed by atoms with Gasteiger partial charge in [-0.15, -0.1) is 0 Å². The Balaban J connectivity index is 2.40. The lowest BCUT2D eigenvalue weighted by Gasteiger charge is -2.06. The molecule has 0 aliphatic carbocycles. The first kappa shape index (κ1) is 12.7. The number of rotatable bonds is 0. The lowest BCUT2D eigenvalue weighted by molar-refractivity contribution is -0.150. The molecule has 4 nitrogen and oxygen atoms in total. The first-order valence-electron chi connectivity index (χ1n) is 5.70. The number of carbonyl (C=O) groups excluding carboxylic acids is 2. The van der Waals surface area contributed by atoms with Crippen molar-refractivity contribution >= 4 is 11.9 Å². The molecule has 0 bridgehead atoms. The van der Waals surface area contributed by atoms with E-state index < -0.39 is 0 Å². The van der Waals surface area contributed by atoms with Gasteiger partial charge in [-0.3, -0.25) is 4.79 Å². The maximum atomic E-state index is 11.3. The highest BCUT2D eigenvalue weighted by Crippen LogP contribution is 2.12. The van der Waals surface area contributed by atoms with Crippen molar-refractivity contribution in [1.29, 1.82) is 0 Å². The van der Waals surface area contributed by atoms with E-state index in [4.69, 9.17) is 9.47 Å². The van der Waals surface area contributed by atoms with Crippen LogP contribution in [0.3, 0.4) is 0 Å². The van der Waals surface area contributed by atoms with Gasteiger partial charge in [0.25, 0.3) is 0 Å². The highest BCUT2D eigenvalue weighted by molar-refractivity contribution is 5.87. The van der Waals surface area contributed by atoms with Gasteiger partial charge in [-0.1, -0.05) is 19.4 Å². The van der Waals surface area contributed by atoms with Crippen LogP contribution < -0.4 is 0 Å². The minimum atomic E-state index is -0.379. The van der Waals surface area contributed by atoms with Crippen LogP contribution in [-0.2, 0) is 19.1 Å². The standard InChI is InChI=1S/C12H18O4/c1-10-6-4-2-3-5-7-11(13)15-8-9-16-12(10)14/h1-9H2. The van der Waals surface area contributed by atoms with Gasteiger partial charge < -0.3 is 9.47 Å². The molecule has 0 aromatic rings. The number of esters is 2. The number of ether oxygens (including phenoxy) is 2. The van der Waals surface area contributed by atoms with Crippen LogP contribution in [0.4, 0.5) is 0 Å². The Morgan fingerprint density at radius 1 is 0.875 bits per heavy atom. The normalized spacial score (nSPS) is 21.1. The predicted molar refractivity (Wildman–Crippen MR) is 58.8 cm³/mol. The SMILES string of the molecule is C=C1CCCCCCC(=O)OCCOC1=O. The van der Waals surface area contributed by atoms with Crippen LogP contribution in [0, 0.1) is 0 Å². The quantitative estimate of drug-likeness (QED) is 0.468. The number of hydrogen-bond donors (Lipinski definition) is 0. The molecule has 0 unspecified atom stereocenters. The molecule has 1 rings (SSSR count). The molecule has 0 atom stereocenters. The molecule has 0 N–H and O–H groups in total. The van der Waals surface area contributed by atoms with Gasteiger partial charge in [0.2, 0.25) is 0 Å². The Kier molecular flexibility index (Phi) is 5.61. The summed E-state index contributed by atoms with van der Waals surface area (Å²) >= 11 is 0. The van der Waals surface area contributed by atoms with Gasteiger partial charge in [-0.05, 0) is 19.3 Å². The van der Waals surface area contributed by atoms with Crippen LogP contribution in [0.2, 0.25) is 0 Å². The number of carbonyl (C=O) groups is 2. The largest absolute Gasteiger partial charge is 0.462 e.